The molecule has 2 aromatic rings. The molecule has 2 rings (SSSR count). The van der Waals surface area contributed by atoms with E-state index in [1.165, 1.54) is 11.3 Å². The topological polar surface area (TPSA) is 111 Å². The third-order valence-electron chi connectivity index (χ3n) is 3.18. The Balaban J connectivity index is 2.01. The van der Waals surface area contributed by atoms with Gasteiger partial charge >= 0.3 is 0 Å². The summed E-state index contributed by atoms with van der Waals surface area (Å²) in [5, 5.41) is 3.65. The number of nitrogens with two attached hydrogens (primary N) is 2. The molecule has 0 aliphatic carbocycles. The predicted octanol–water partition coefficient (Wildman–Crippen LogP) is 1.57. The number of nitrogens with one attached hydrogen (secondary N) is 1. The fraction of sp³-hybridized carbons (Fsp3) is 0.357. The lowest BCUT2D eigenvalue weighted by molar-refractivity contribution is -0.118. The van der Waals surface area contributed by atoms with E-state index < -0.39 is 0 Å². The summed E-state index contributed by atoms with van der Waals surface area (Å²) >= 11 is 1.29. The molecule has 2 amide bonds. The maximum Gasteiger partial charge on any atom is 0.263 e. The number of hydrogen-bond donors (Lipinski definition) is 3. The van der Waals surface area contributed by atoms with E-state index in [-0.39, 0.29) is 11.8 Å². The molecule has 2 aromatic heterocycles. The van der Waals surface area contributed by atoms with Gasteiger partial charge in [-0.2, -0.15) is 0 Å². The maximum atomic E-state index is 12.1. The Labute approximate surface area is 126 Å². The molecular weight excluding hydrogens is 288 g/mol. The van der Waals surface area contributed by atoms with E-state index in [0.29, 0.717) is 36.4 Å². The largest absolute Gasteiger partial charge is 0.397 e. The first kappa shape index (κ1) is 15.2. The van der Waals surface area contributed by atoms with E-state index in [1.807, 2.05) is 13.0 Å². The van der Waals surface area contributed by atoms with Crippen LogP contribution in [0.1, 0.15) is 34.5 Å². The highest BCUT2D eigenvalue weighted by molar-refractivity contribution is 7.21. The number of rotatable bonds is 6. The number of fused-ring (bicyclic) bond motifs is 1. The molecule has 21 heavy (non-hydrogen) atoms. The van der Waals surface area contributed by atoms with Gasteiger partial charge in [0.2, 0.25) is 5.91 Å². The lowest BCUT2D eigenvalue weighted by atomic mass is 10.1. The molecule has 0 saturated heterocycles. The van der Waals surface area contributed by atoms with Gasteiger partial charge in [-0.05, 0) is 31.4 Å². The molecule has 5 N–H and O–H groups in total. The van der Waals surface area contributed by atoms with Crippen LogP contribution in [-0.4, -0.2) is 23.3 Å². The van der Waals surface area contributed by atoms with Crippen LogP contribution < -0.4 is 16.8 Å². The van der Waals surface area contributed by atoms with Crippen LogP contribution in [0.4, 0.5) is 5.69 Å². The molecule has 2 heterocycles. The van der Waals surface area contributed by atoms with E-state index in [2.05, 4.69) is 10.3 Å². The Hall–Kier alpha value is -2.15. The number of anilines is 1. The summed E-state index contributed by atoms with van der Waals surface area (Å²) < 4.78 is 0. The number of nitrogen functional groups attached to an aromatic ring is 1. The molecule has 0 radical (unpaired) electrons. The fourth-order valence-corrected chi connectivity index (χ4v) is 3.14. The number of thiophene rings is 1. The Morgan fingerprint density at radius 1 is 1.38 bits per heavy atom. The van der Waals surface area contributed by atoms with E-state index in [4.69, 9.17) is 11.5 Å². The second-order valence-electron chi connectivity index (χ2n) is 4.83. The van der Waals surface area contributed by atoms with Crippen molar-refractivity contribution >= 4 is 39.1 Å². The van der Waals surface area contributed by atoms with Crippen molar-refractivity contribution in [2.24, 2.45) is 5.73 Å². The Bertz CT molecular complexity index is 681. The second kappa shape index (κ2) is 6.53. The van der Waals surface area contributed by atoms with E-state index in [9.17, 15) is 9.59 Å². The molecule has 0 aromatic carbocycles. The van der Waals surface area contributed by atoms with Crippen molar-refractivity contribution in [1.82, 2.24) is 10.3 Å². The number of pyridine rings is 1. The minimum absolute atomic E-state index is 0.200. The van der Waals surface area contributed by atoms with Crippen LogP contribution in [0.2, 0.25) is 0 Å². The molecule has 0 saturated carbocycles. The normalized spacial score (nSPS) is 10.7. The first-order valence-electron chi connectivity index (χ1n) is 6.70. The Kier molecular flexibility index (Phi) is 4.74. The first-order valence-corrected chi connectivity index (χ1v) is 7.52. The quantitative estimate of drug-likeness (QED) is 0.703. The zero-order valence-electron chi connectivity index (χ0n) is 11.8. The van der Waals surface area contributed by atoms with Gasteiger partial charge in [-0.25, -0.2) is 4.98 Å². The molecule has 6 nitrogen and oxygen atoms in total. The van der Waals surface area contributed by atoms with Crippen molar-refractivity contribution in [3.63, 3.8) is 0 Å². The molecular formula is C14H18N4O2S. The van der Waals surface area contributed by atoms with Crippen molar-refractivity contribution in [2.75, 3.05) is 12.3 Å². The first-order chi connectivity index (χ1) is 10.0. The standard InChI is InChI=1S/C14H18N4O2S/c1-8-5-7-18-14-10(8)11(16)12(21-14)13(20)17-6-3-2-4-9(15)19/h5,7H,2-4,6,16H2,1H3,(H2,15,19)(H,17,20). The lowest BCUT2D eigenvalue weighted by Gasteiger charge is -2.04. The zero-order chi connectivity index (χ0) is 15.4. The van der Waals surface area contributed by atoms with E-state index in [1.54, 1.807) is 6.20 Å². The minimum atomic E-state index is -0.323. The number of aryl methyl sites for hydroxylation is 1. The Morgan fingerprint density at radius 2 is 2.14 bits per heavy atom. The molecule has 0 spiro atoms. The van der Waals surface area contributed by atoms with Gasteiger partial charge < -0.3 is 16.8 Å². The lowest BCUT2D eigenvalue weighted by Crippen LogP contribution is -2.24. The molecule has 112 valence electrons. The maximum absolute atomic E-state index is 12.1. The van der Waals surface area contributed by atoms with E-state index in [0.717, 1.165) is 15.8 Å². The highest BCUT2D eigenvalue weighted by atomic mass is 32.1. The monoisotopic (exact) mass is 306 g/mol. The second-order valence-corrected chi connectivity index (χ2v) is 5.83. The van der Waals surface area contributed by atoms with Crippen LogP contribution in [0.25, 0.3) is 10.2 Å². The number of nitrogens with zero attached hydrogens (tertiary/aromatic N) is 1. The smallest absolute Gasteiger partial charge is 0.263 e. The van der Waals surface area contributed by atoms with Crippen LogP contribution in [0.15, 0.2) is 12.3 Å². The molecule has 7 heteroatoms. The number of amides is 2. The van der Waals surface area contributed by atoms with Crippen molar-refractivity contribution < 1.29 is 9.59 Å². The zero-order valence-corrected chi connectivity index (χ0v) is 12.6. The van der Waals surface area contributed by atoms with Crippen LogP contribution in [0.3, 0.4) is 0 Å². The van der Waals surface area contributed by atoms with Gasteiger partial charge in [-0.3, -0.25) is 9.59 Å². The van der Waals surface area contributed by atoms with Gasteiger partial charge in [-0.1, -0.05) is 0 Å². The van der Waals surface area contributed by atoms with E-state index >= 15 is 0 Å². The number of primary amides is 1. The summed E-state index contributed by atoms with van der Waals surface area (Å²) in [6, 6.07) is 1.87. The average Bonchev–Trinajstić information content (AvgIpc) is 2.76. The number of unbranched alkanes of at least 4 members (excludes halogenated alkanes) is 1. The molecule has 0 atom stereocenters. The SMILES string of the molecule is Cc1ccnc2sc(C(=O)NCCCCC(N)=O)c(N)c12. The van der Waals surface area contributed by atoms with Crippen molar-refractivity contribution in [1.29, 1.82) is 0 Å². The van der Waals surface area contributed by atoms with Gasteiger partial charge in [0.25, 0.3) is 5.91 Å². The van der Waals surface area contributed by atoms with Crippen LogP contribution in [0.5, 0.6) is 0 Å². The summed E-state index contributed by atoms with van der Waals surface area (Å²) in [6.45, 7) is 2.44. The summed E-state index contributed by atoms with van der Waals surface area (Å²) in [6.07, 6.45) is 3.41. The van der Waals surface area contributed by atoms with Crippen molar-refractivity contribution in [3.8, 4) is 0 Å². The summed E-state index contributed by atoms with van der Waals surface area (Å²) in [7, 11) is 0. The van der Waals surface area contributed by atoms with Crippen molar-refractivity contribution in [2.45, 2.75) is 26.2 Å². The van der Waals surface area contributed by atoms with Crippen LogP contribution in [-0.2, 0) is 4.79 Å². The fourth-order valence-electron chi connectivity index (χ4n) is 2.08. The highest BCUT2D eigenvalue weighted by Gasteiger charge is 2.17. The molecule has 0 bridgehead atoms. The molecule has 0 aliphatic rings. The van der Waals surface area contributed by atoms with Gasteiger partial charge in [-0.15, -0.1) is 11.3 Å². The number of carbonyl (C=O) groups is 2. The van der Waals surface area contributed by atoms with Crippen molar-refractivity contribution in [3.05, 3.63) is 22.7 Å². The molecule has 0 unspecified atom stereocenters. The van der Waals surface area contributed by atoms with Crippen LogP contribution in [0, 0.1) is 6.92 Å². The van der Waals surface area contributed by atoms with Gasteiger partial charge in [0.05, 0.1) is 5.69 Å². The Morgan fingerprint density at radius 3 is 2.81 bits per heavy atom. The third-order valence-corrected chi connectivity index (χ3v) is 4.29. The summed E-state index contributed by atoms with van der Waals surface area (Å²) in [5.74, 6) is -0.523. The number of hydrogen-bond acceptors (Lipinski definition) is 5. The predicted molar refractivity (Wildman–Crippen MR) is 84.1 cm³/mol. The molecule has 0 fully saturated rings. The summed E-state index contributed by atoms with van der Waals surface area (Å²) in [4.78, 5) is 28.2. The van der Waals surface area contributed by atoms with Gasteiger partial charge in [0.1, 0.15) is 9.71 Å². The third kappa shape index (κ3) is 3.49. The highest BCUT2D eigenvalue weighted by Crippen LogP contribution is 2.34. The average molecular weight is 306 g/mol. The minimum Gasteiger partial charge on any atom is -0.397 e. The summed E-state index contributed by atoms with van der Waals surface area (Å²) in [5.41, 5.74) is 12.6. The van der Waals surface area contributed by atoms with Crippen LogP contribution >= 0.6 is 11.3 Å². The number of carbonyl (C=O) groups excluding carboxylic acids is 2. The van der Waals surface area contributed by atoms with Gasteiger partial charge in [0, 0.05) is 24.5 Å². The van der Waals surface area contributed by atoms with Gasteiger partial charge in [0.15, 0.2) is 0 Å². The molecule has 0 aliphatic heterocycles. The number of aromatic nitrogens is 1.